The molecular weight excluding hydrogens is 474 g/mol. The molecule has 0 spiro atoms. The molecule has 0 radical (unpaired) electrons. The first kappa shape index (κ1) is 21.9. The van der Waals surface area contributed by atoms with Crippen LogP contribution in [0.2, 0.25) is 0 Å². The lowest BCUT2D eigenvalue weighted by Crippen LogP contribution is -2.36. The minimum Gasteiger partial charge on any atom is -0.356 e. The summed E-state index contributed by atoms with van der Waals surface area (Å²) in [5.74, 6) is 0. The SMILES string of the molecule is CC(C)(C)[S@](=O)N[C@@H](Cc1ccccn1)c1ccccc1-c1noc2cccc(Br)c12. The zero-order valence-corrected chi connectivity index (χ0v) is 20.0. The molecule has 2 aromatic carbocycles. The molecule has 0 amide bonds. The van der Waals surface area contributed by atoms with Gasteiger partial charge >= 0.3 is 0 Å². The summed E-state index contributed by atoms with van der Waals surface area (Å²) in [4.78, 5) is 4.49. The largest absolute Gasteiger partial charge is 0.356 e. The van der Waals surface area contributed by atoms with Crippen LogP contribution in [0.15, 0.2) is 75.9 Å². The fourth-order valence-electron chi connectivity index (χ4n) is 3.40. The van der Waals surface area contributed by atoms with Gasteiger partial charge in [-0.05, 0) is 66.5 Å². The van der Waals surface area contributed by atoms with Crippen LogP contribution in [0.3, 0.4) is 0 Å². The van der Waals surface area contributed by atoms with Gasteiger partial charge in [-0.25, -0.2) is 8.93 Å². The lowest BCUT2D eigenvalue weighted by atomic mass is 9.94. The van der Waals surface area contributed by atoms with E-state index in [9.17, 15) is 4.21 Å². The van der Waals surface area contributed by atoms with E-state index in [0.29, 0.717) is 12.0 Å². The van der Waals surface area contributed by atoms with Gasteiger partial charge in [0.2, 0.25) is 0 Å². The van der Waals surface area contributed by atoms with Crippen molar-refractivity contribution in [2.45, 2.75) is 38.0 Å². The summed E-state index contributed by atoms with van der Waals surface area (Å²) < 4.78 is 22.5. The minimum atomic E-state index is -1.26. The van der Waals surface area contributed by atoms with Crippen LogP contribution in [0.1, 0.15) is 38.1 Å². The monoisotopic (exact) mass is 497 g/mol. The van der Waals surface area contributed by atoms with Gasteiger partial charge in [0.15, 0.2) is 5.58 Å². The Balaban J connectivity index is 1.83. The van der Waals surface area contributed by atoms with Gasteiger partial charge in [0.1, 0.15) is 5.69 Å². The Bertz CT molecular complexity index is 1220. The molecular formula is C24H24BrN3O2S. The average Bonchev–Trinajstić information content (AvgIpc) is 3.19. The van der Waals surface area contributed by atoms with Gasteiger partial charge in [-0.15, -0.1) is 0 Å². The molecule has 4 aromatic rings. The summed E-state index contributed by atoms with van der Waals surface area (Å²) in [5.41, 5.74) is 4.33. The quantitative estimate of drug-likeness (QED) is 0.355. The third-order valence-corrected chi connectivity index (χ3v) is 7.26. The van der Waals surface area contributed by atoms with Crippen molar-refractivity contribution >= 4 is 37.9 Å². The van der Waals surface area contributed by atoms with E-state index in [1.807, 2.05) is 81.4 Å². The summed E-state index contributed by atoms with van der Waals surface area (Å²) >= 11 is 3.63. The number of aromatic nitrogens is 2. The normalized spacial score (nSPS) is 13.9. The van der Waals surface area contributed by atoms with E-state index in [1.54, 1.807) is 6.20 Å². The van der Waals surface area contributed by atoms with Crippen LogP contribution in [0.5, 0.6) is 0 Å². The molecule has 0 saturated carbocycles. The molecule has 0 bridgehead atoms. The van der Waals surface area contributed by atoms with E-state index in [-0.39, 0.29) is 6.04 Å². The molecule has 0 aliphatic carbocycles. The van der Waals surface area contributed by atoms with Crippen molar-refractivity contribution in [3.63, 3.8) is 0 Å². The first-order chi connectivity index (χ1) is 14.8. The number of nitrogens with one attached hydrogen (secondary N) is 1. The van der Waals surface area contributed by atoms with Crippen molar-refractivity contribution < 1.29 is 8.73 Å². The molecule has 2 aromatic heterocycles. The van der Waals surface area contributed by atoms with Gasteiger partial charge in [0.25, 0.3) is 0 Å². The Morgan fingerprint density at radius 3 is 2.58 bits per heavy atom. The van der Waals surface area contributed by atoms with Crippen molar-refractivity contribution in [1.82, 2.24) is 14.9 Å². The number of nitrogens with zero attached hydrogens (tertiary/aromatic N) is 2. The third-order valence-electron chi connectivity index (χ3n) is 4.98. The molecule has 0 saturated heterocycles. The first-order valence-corrected chi connectivity index (χ1v) is 12.0. The number of benzene rings is 2. The predicted molar refractivity (Wildman–Crippen MR) is 129 cm³/mol. The van der Waals surface area contributed by atoms with E-state index < -0.39 is 15.7 Å². The molecule has 160 valence electrons. The minimum absolute atomic E-state index is 0.222. The lowest BCUT2D eigenvalue weighted by molar-refractivity contribution is 0.459. The van der Waals surface area contributed by atoms with E-state index in [2.05, 4.69) is 30.8 Å². The van der Waals surface area contributed by atoms with E-state index in [4.69, 9.17) is 4.52 Å². The smallest absolute Gasteiger partial charge is 0.168 e. The number of halogens is 1. The van der Waals surface area contributed by atoms with Crippen molar-refractivity contribution in [1.29, 1.82) is 0 Å². The summed E-state index contributed by atoms with van der Waals surface area (Å²) in [7, 11) is -1.26. The fraction of sp³-hybridized carbons (Fsp3) is 0.250. The highest BCUT2D eigenvalue weighted by atomic mass is 79.9. The molecule has 1 N–H and O–H groups in total. The summed E-state index contributed by atoms with van der Waals surface area (Å²) in [6.45, 7) is 5.88. The maximum atomic E-state index is 13.0. The highest BCUT2D eigenvalue weighted by Gasteiger charge is 2.27. The zero-order chi connectivity index (χ0) is 22.0. The zero-order valence-electron chi connectivity index (χ0n) is 17.6. The number of hydrogen-bond acceptors (Lipinski definition) is 4. The van der Waals surface area contributed by atoms with Crippen LogP contribution in [0.4, 0.5) is 0 Å². The van der Waals surface area contributed by atoms with Gasteiger partial charge in [0.05, 0.1) is 27.2 Å². The predicted octanol–water partition coefficient (Wildman–Crippen LogP) is 5.99. The summed E-state index contributed by atoms with van der Waals surface area (Å²) in [6.07, 6.45) is 2.37. The van der Waals surface area contributed by atoms with E-state index in [0.717, 1.165) is 32.4 Å². The van der Waals surface area contributed by atoms with Gasteiger partial charge in [-0.1, -0.05) is 41.6 Å². The third kappa shape index (κ3) is 4.79. The average molecular weight is 498 g/mol. The van der Waals surface area contributed by atoms with Gasteiger partial charge in [-0.2, -0.15) is 0 Å². The number of pyridine rings is 1. The Labute approximate surface area is 193 Å². The molecule has 31 heavy (non-hydrogen) atoms. The first-order valence-electron chi connectivity index (χ1n) is 10.1. The van der Waals surface area contributed by atoms with Crippen molar-refractivity contribution in [3.05, 3.63) is 82.6 Å². The second-order valence-electron chi connectivity index (χ2n) is 8.31. The second-order valence-corrected chi connectivity index (χ2v) is 11.2. The second kappa shape index (κ2) is 9.02. The van der Waals surface area contributed by atoms with Gasteiger partial charge in [0, 0.05) is 28.3 Å². The number of fused-ring (bicyclic) bond motifs is 1. The Kier molecular flexibility index (Phi) is 6.36. The number of rotatable bonds is 6. The molecule has 5 nitrogen and oxygen atoms in total. The Morgan fingerprint density at radius 2 is 1.84 bits per heavy atom. The standard InChI is InChI=1S/C24H24BrN3O2S/c1-24(2,3)31(29)28-20(15-16-9-6-7-14-26-16)17-10-4-5-11-18(17)23-22-19(25)12-8-13-21(22)30-27-23/h4-14,20,28H,15H2,1-3H3/t20-,31-/m0/s1. The van der Waals surface area contributed by atoms with Crippen molar-refractivity contribution in [3.8, 4) is 11.3 Å². The molecule has 0 fully saturated rings. The fourth-order valence-corrected chi connectivity index (χ4v) is 4.76. The van der Waals surface area contributed by atoms with Crippen LogP contribution in [-0.2, 0) is 17.4 Å². The van der Waals surface area contributed by atoms with Crippen LogP contribution in [-0.4, -0.2) is 19.1 Å². The van der Waals surface area contributed by atoms with Crippen molar-refractivity contribution in [2.75, 3.05) is 0 Å². The highest BCUT2D eigenvalue weighted by molar-refractivity contribution is 9.10. The van der Waals surface area contributed by atoms with E-state index >= 15 is 0 Å². The van der Waals surface area contributed by atoms with E-state index in [1.165, 1.54) is 0 Å². The summed E-state index contributed by atoms with van der Waals surface area (Å²) in [5, 5.41) is 5.30. The molecule has 2 heterocycles. The number of hydrogen-bond donors (Lipinski definition) is 1. The van der Waals surface area contributed by atoms with Crippen LogP contribution in [0, 0.1) is 0 Å². The van der Waals surface area contributed by atoms with Crippen LogP contribution >= 0.6 is 15.9 Å². The molecule has 2 atom stereocenters. The molecule has 4 rings (SSSR count). The maximum Gasteiger partial charge on any atom is 0.168 e. The van der Waals surface area contributed by atoms with Crippen LogP contribution < -0.4 is 4.72 Å². The molecule has 0 aliphatic rings. The highest BCUT2D eigenvalue weighted by Crippen LogP contribution is 2.37. The van der Waals surface area contributed by atoms with Crippen LogP contribution in [0.25, 0.3) is 22.2 Å². The Hall–Kier alpha value is -2.35. The molecule has 0 aliphatic heterocycles. The lowest BCUT2D eigenvalue weighted by Gasteiger charge is -2.26. The Morgan fingerprint density at radius 1 is 1.06 bits per heavy atom. The topological polar surface area (TPSA) is 68.0 Å². The van der Waals surface area contributed by atoms with Gasteiger partial charge in [-0.3, -0.25) is 4.98 Å². The molecule has 7 heteroatoms. The summed E-state index contributed by atoms with van der Waals surface area (Å²) in [6, 6.07) is 19.5. The van der Waals surface area contributed by atoms with Gasteiger partial charge < -0.3 is 4.52 Å². The van der Waals surface area contributed by atoms with Crippen molar-refractivity contribution in [2.24, 2.45) is 0 Å². The molecule has 0 unspecified atom stereocenters. The maximum absolute atomic E-state index is 13.0.